The molecule has 9 heteroatoms. The second-order valence-electron chi connectivity index (χ2n) is 4.32. The molecule has 0 atom stereocenters. The first-order chi connectivity index (χ1) is 9.90. The minimum absolute atomic E-state index is 0.0111. The third-order valence-electron chi connectivity index (χ3n) is 2.23. The minimum atomic E-state index is -3.90. The smallest absolute Gasteiger partial charge is 0.267 e. The van der Waals surface area contributed by atoms with Gasteiger partial charge >= 0.3 is 0 Å². The molecule has 0 unspecified atom stereocenters. The molecule has 0 amide bonds. The van der Waals surface area contributed by atoms with Gasteiger partial charge in [-0.05, 0) is 26.8 Å². The third kappa shape index (κ3) is 4.92. The summed E-state index contributed by atoms with van der Waals surface area (Å²) in [4.78, 5) is 7.82. The van der Waals surface area contributed by atoms with Gasteiger partial charge in [0.2, 0.25) is 5.96 Å². The van der Waals surface area contributed by atoms with E-state index >= 15 is 0 Å². The largest absolute Gasteiger partial charge is 0.384 e. The third-order valence-corrected chi connectivity index (χ3v) is 3.60. The van der Waals surface area contributed by atoms with E-state index in [1.165, 1.54) is 12.4 Å². The zero-order valence-electron chi connectivity index (χ0n) is 12.1. The minimum Gasteiger partial charge on any atom is -0.384 e. The Labute approximate surface area is 124 Å². The molecule has 0 saturated carbocycles. The number of guanidine groups is 1. The van der Waals surface area contributed by atoms with E-state index in [1.807, 2.05) is 6.92 Å². The molecule has 0 spiro atoms. The number of aliphatic imine (C=N–C) groups is 1. The van der Waals surface area contributed by atoms with Crippen LogP contribution in [0.5, 0.6) is 0 Å². The van der Waals surface area contributed by atoms with Gasteiger partial charge in [-0.25, -0.2) is 18.1 Å². The molecule has 0 saturated heterocycles. The van der Waals surface area contributed by atoms with E-state index < -0.39 is 10.0 Å². The van der Waals surface area contributed by atoms with Crippen LogP contribution in [-0.4, -0.2) is 31.9 Å². The average molecular weight is 310 g/mol. The molecule has 0 aromatic carbocycles. The number of hydrogen-bond acceptors (Lipinski definition) is 6. The van der Waals surface area contributed by atoms with E-state index in [0.29, 0.717) is 12.2 Å². The molecule has 3 N–H and O–H groups in total. The van der Waals surface area contributed by atoms with Crippen molar-refractivity contribution in [3.63, 3.8) is 0 Å². The molecule has 0 aliphatic carbocycles. The van der Waals surface area contributed by atoms with Gasteiger partial charge in [0.15, 0.2) is 6.19 Å². The Balaban J connectivity index is 3.14. The number of anilines is 1. The highest BCUT2D eigenvalue weighted by molar-refractivity contribution is 7.90. The maximum atomic E-state index is 12.4. The number of nitrogens with one attached hydrogen (secondary N) is 3. The number of nitrogens with zero attached hydrogens (tertiary/aromatic N) is 3. The molecule has 1 heterocycles. The van der Waals surface area contributed by atoms with Crippen LogP contribution in [0.25, 0.3) is 0 Å². The molecular weight excluding hydrogens is 292 g/mol. The predicted octanol–water partition coefficient (Wildman–Crippen LogP) is 0.627. The molecule has 1 aromatic heterocycles. The van der Waals surface area contributed by atoms with Gasteiger partial charge in [0.25, 0.3) is 10.0 Å². The Bertz CT molecular complexity index is 648. The van der Waals surface area contributed by atoms with E-state index in [2.05, 4.69) is 25.3 Å². The summed E-state index contributed by atoms with van der Waals surface area (Å²) < 4.78 is 27.0. The fourth-order valence-electron chi connectivity index (χ4n) is 1.51. The lowest BCUT2D eigenvalue weighted by Gasteiger charge is -2.13. The van der Waals surface area contributed by atoms with Crippen LogP contribution in [0.4, 0.5) is 5.69 Å². The van der Waals surface area contributed by atoms with Crippen LogP contribution >= 0.6 is 0 Å². The zero-order valence-corrected chi connectivity index (χ0v) is 12.9. The number of pyridine rings is 1. The highest BCUT2D eigenvalue weighted by atomic mass is 32.2. The van der Waals surface area contributed by atoms with Crippen molar-refractivity contribution in [2.75, 3.05) is 11.9 Å². The highest BCUT2D eigenvalue weighted by Crippen LogP contribution is 2.18. The topological polar surface area (TPSA) is 119 Å². The lowest BCUT2D eigenvalue weighted by atomic mass is 10.4. The van der Waals surface area contributed by atoms with Crippen molar-refractivity contribution < 1.29 is 8.42 Å². The monoisotopic (exact) mass is 310 g/mol. The Morgan fingerprint density at radius 1 is 1.52 bits per heavy atom. The van der Waals surface area contributed by atoms with Crippen molar-refractivity contribution in [3.8, 4) is 6.19 Å². The van der Waals surface area contributed by atoms with Crippen LogP contribution in [-0.2, 0) is 10.0 Å². The Hall–Kier alpha value is -2.34. The van der Waals surface area contributed by atoms with Gasteiger partial charge in [0.1, 0.15) is 4.90 Å². The molecular formula is C12H18N6O2S. The molecule has 1 aromatic rings. The summed E-state index contributed by atoms with van der Waals surface area (Å²) in [7, 11) is -3.90. The number of rotatable bonds is 5. The summed E-state index contributed by atoms with van der Waals surface area (Å²) in [6.07, 6.45) is 4.38. The Morgan fingerprint density at radius 3 is 2.81 bits per heavy atom. The first-order valence-corrected chi connectivity index (χ1v) is 7.82. The van der Waals surface area contributed by atoms with Crippen molar-refractivity contribution in [1.29, 1.82) is 5.26 Å². The molecule has 0 fully saturated rings. The van der Waals surface area contributed by atoms with Crippen molar-refractivity contribution >= 4 is 21.7 Å². The molecule has 0 aliphatic rings. The highest BCUT2D eigenvalue weighted by Gasteiger charge is 2.20. The molecule has 8 nitrogen and oxygen atoms in total. The maximum absolute atomic E-state index is 12.4. The molecule has 1 rings (SSSR count). The van der Waals surface area contributed by atoms with Crippen molar-refractivity contribution in [2.45, 2.75) is 31.7 Å². The van der Waals surface area contributed by atoms with E-state index in [0.717, 1.165) is 0 Å². The second-order valence-corrected chi connectivity index (χ2v) is 5.97. The lowest BCUT2D eigenvalue weighted by Crippen LogP contribution is -2.39. The Morgan fingerprint density at radius 2 is 2.24 bits per heavy atom. The van der Waals surface area contributed by atoms with Crippen LogP contribution in [0.15, 0.2) is 28.3 Å². The van der Waals surface area contributed by atoms with E-state index in [4.69, 9.17) is 5.26 Å². The van der Waals surface area contributed by atoms with E-state index in [9.17, 15) is 8.42 Å². The van der Waals surface area contributed by atoms with Gasteiger partial charge in [-0.2, -0.15) is 5.26 Å². The van der Waals surface area contributed by atoms with Gasteiger partial charge in [-0.3, -0.25) is 10.3 Å². The van der Waals surface area contributed by atoms with Crippen LogP contribution < -0.4 is 15.4 Å². The fourth-order valence-corrected chi connectivity index (χ4v) is 2.61. The van der Waals surface area contributed by atoms with Gasteiger partial charge in [0.05, 0.1) is 5.69 Å². The van der Waals surface area contributed by atoms with Gasteiger partial charge in [0, 0.05) is 25.0 Å². The number of sulfonamides is 1. The molecule has 0 radical (unpaired) electrons. The lowest BCUT2D eigenvalue weighted by molar-refractivity contribution is 0.591. The standard InChI is InChI=1S/C12H18N6O2S/c1-4-15-10-5-6-14-7-11(10)21(19,20)18-12(16-8-13)17-9(2)3/h5-7,9H,4H2,1-3H3,(H,14,15)(H2,16,17,18). The summed E-state index contributed by atoms with van der Waals surface area (Å²) in [6, 6.07) is 1.39. The first kappa shape index (κ1) is 16.7. The van der Waals surface area contributed by atoms with Crippen molar-refractivity contribution in [1.82, 2.24) is 15.0 Å². The maximum Gasteiger partial charge on any atom is 0.267 e. The number of hydrogen-bond donors (Lipinski definition) is 3. The summed E-state index contributed by atoms with van der Waals surface area (Å²) in [6.45, 7) is 5.95. The first-order valence-electron chi connectivity index (χ1n) is 6.34. The molecule has 21 heavy (non-hydrogen) atoms. The average Bonchev–Trinajstić information content (AvgIpc) is 2.38. The van der Waals surface area contributed by atoms with Crippen LogP contribution in [0.3, 0.4) is 0 Å². The fraction of sp³-hybridized carbons (Fsp3) is 0.417. The SMILES string of the molecule is CCNc1ccncc1S(=O)(=O)NC(=NC(C)C)NC#N. The molecule has 114 valence electrons. The van der Waals surface area contributed by atoms with Crippen LogP contribution in [0.1, 0.15) is 20.8 Å². The summed E-state index contributed by atoms with van der Waals surface area (Å²) in [5.74, 6) is -0.126. The molecule has 0 bridgehead atoms. The normalized spacial score (nSPS) is 11.9. The van der Waals surface area contributed by atoms with Gasteiger partial charge in [-0.15, -0.1) is 0 Å². The van der Waals surface area contributed by atoms with Gasteiger partial charge in [-0.1, -0.05) is 0 Å². The van der Waals surface area contributed by atoms with E-state index in [-0.39, 0.29) is 16.9 Å². The second kappa shape index (κ2) is 7.44. The summed E-state index contributed by atoms with van der Waals surface area (Å²) >= 11 is 0. The Kier molecular flexibility index (Phi) is 5.92. The summed E-state index contributed by atoms with van der Waals surface area (Å²) in [5.41, 5.74) is 0.431. The van der Waals surface area contributed by atoms with E-state index in [1.54, 1.807) is 26.1 Å². The van der Waals surface area contributed by atoms with Crippen molar-refractivity contribution in [3.05, 3.63) is 18.5 Å². The quantitative estimate of drug-likeness (QED) is 0.317. The van der Waals surface area contributed by atoms with Gasteiger partial charge < -0.3 is 5.32 Å². The number of nitriles is 1. The number of aromatic nitrogens is 1. The predicted molar refractivity (Wildman–Crippen MR) is 80.0 cm³/mol. The van der Waals surface area contributed by atoms with Crippen molar-refractivity contribution in [2.24, 2.45) is 4.99 Å². The zero-order chi connectivity index (χ0) is 15.9. The van der Waals surface area contributed by atoms with Crippen LogP contribution in [0, 0.1) is 11.5 Å². The summed E-state index contributed by atoms with van der Waals surface area (Å²) in [5, 5.41) is 13.8. The van der Waals surface area contributed by atoms with Crippen LogP contribution in [0.2, 0.25) is 0 Å². The molecule has 0 aliphatic heterocycles.